The maximum absolute atomic E-state index is 13.7. The van der Waals surface area contributed by atoms with Gasteiger partial charge in [0.25, 0.3) is 0 Å². The lowest BCUT2D eigenvalue weighted by molar-refractivity contribution is -0.107. The molecular weight excluding hydrogens is 290 g/mol. The fourth-order valence-corrected chi connectivity index (χ4v) is 2.16. The highest BCUT2D eigenvalue weighted by Crippen LogP contribution is 2.25. The minimum atomic E-state index is -0.873. The van der Waals surface area contributed by atoms with E-state index >= 15 is 0 Å². The molecule has 0 aliphatic carbocycles. The van der Waals surface area contributed by atoms with Gasteiger partial charge >= 0.3 is 0 Å². The van der Waals surface area contributed by atoms with Crippen LogP contribution in [0.4, 0.5) is 8.78 Å². The summed E-state index contributed by atoms with van der Waals surface area (Å²) in [4.78, 5) is 10.2. The number of benzene rings is 2. The summed E-state index contributed by atoms with van der Waals surface area (Å²) in [6.45, 7) is 0. The van der Waals surface area contributed by atoms with Crippen molar-refractivity contribution < 1.29 is 13.6 Å². The lowest BCUT2D eigenvalue weighted by Gasteiger charge is -2.08. The quantitative estimate of drug-likeness (QED) is 0.625. The van der Waals surface area contributed by atoms with Crippen molar-refractivity contribution in [1.29, 1.82) is 0 Å². The van der Waals surface area contributed by atoms with Gasteiger partial charge in [-0.25, -0.2) is 8.78 Å². The van der Waals surface area contributed by atoms with Gasteiger partial charge in [0.15, 0.2) is 11.6 Å². The molecule has 17 heavy (non-hydrogen) atoms. The fourth-order valence-electron chi connectivity index (χ4n) is 1.81. The van der Waals surface area contributed by atoms with Gasteiger partial charge in [-0.05, 0) is 23.4 Å². The number of carbonyl (C=O) groups is 1. The largest absolute Gasteiger partial charge is 0.302 e. The molecule has 0 fully saturated rings. The van der Waals surface area contributed by atoms with E-state index in [0.29, 0.717) is 17.4 Å². The first-order valence-electron chi connectivity index (χ1n) is 5.08. The zero-order valence-corrected chi connectivity index (χ0v) is 10.4. The van der Waals surface area contributed by atoms with Crippen molar-refractivity contribution in [2.75, 3.05) is 0 Å². The predicted molar refractivity (Wildman–Crippen MR) is 66.3 cm³/mol. The Morgan fingerprint density at radius 1 is 1.24 bits per heavy atom. The first kappa shape index (κ1) is 12.2. The average Bonchev–Trinajstić information content (AvgIpc) is 2.34. The molecule has 2 rings (SSSR count). The number of hydrogen-bond acceptors (Lipinski definition) is 1. The van der Waals surface area contributed by atoms with Crippen LogP contribution in [0.2, 0.25) is 0 Å². The molecule has 0 saturated heterocycles. The van der Waals surface area contributed by atoms with Crippen LogP contribution in [0.5, 0.6) is 0 Å². The van der Waals surface area contributed by atoms with E-state index < -0.39 is 16.5 Å². The highest BCUT2D eigenvalue weighted by Gasteiger charge is 2.13. The third kappa shape index (κ3) is 2.36. The first-order valence-corrected chi connectivity index (χ1v) is 6.00. The third-order valence-corrected chi connectivity index (χ3v) is 3.12. The van der Waals surface area contributed by atoms with E-state index in [1.54, 1.807) is 18.2 Å². The molecular formula is C13H9BrF2O. The molecule has 88 valence electrons. The minimum Gasteiger partial charge on any atom is -0.302 e. The van der Waals surface area contributed by atoms with Crippen LogP contribution in [-0.4, -0.2) is 11.1 Å². The second kappa shape index (κ2) is 4.92. The van der Waals surface area contributed by atoms with Crippen molar-refractivity contribution in [3.8, 4) is 0 Å². The number of aldehydes is 1. The van der Waals surface area contributed by atoms with E-state index in [9.17, 15) is 13.6 Å². The standard InChI is InChI=1S/C13H9BrF2O/c14-10(7-17)6-9-3-1-2-8-4-5-11(15)13(16)12(8)9/h1-5,7,10H,6H2. The van der Waals surface area contributed by atoms with E-state index in [-0.39, 0.29) is 5.39 Å². The summed E-state index contributed by atoms with van der Waals surface area (Å²) in [6.07, 6.45) is 1.07. The molecule has 0 saturated carbocycles. The van der Waals surface area contributed by atoms with Crippen LogP contribution in [0.15, 0.2) is 30.3 Å². The van der Waals surface area contributed by atoms with Gasteiger partial charge in [-0.1, -0.05) is 40.2 Å². The smallest absolute Gasteiger partial charge is 0.166 e. The Labute approximate surface area is 106 Å². The van der Waals surface area contributed by atoms with E-state index in [2.05, 4.69) is 15.9 Å². The summed E-state index contributed by atoms with van der Waals surface area (Å²) in [6, 6.07) is 7.81. The summed E-state index contributed by atoms with van der Waals surface area (Å²) in [7, 11) is 0. The predicted octanol–water partition coefficient (Wildman–Crippen LogP) is 3.62. The number of fused-ring (bicyclic) bond motifs is 1. The molecule has 4 heteroatoms. The average molecular weight is 299 g/mol. The summed E-state index contributed by atoms with van der Waals surface area (Å²) >= 11 is 3.16. The molecule has 2 aromatic carbocycles. The summed E-state index contributed by atoms with van der Waals surface area (Å²) in [5.74, 6) is -1.73. The molecule has 1 atom stereocenters. The maximum Gasteiger partial charge on any atom is 0.166 e. The van der Waals surface area contributed by atoms with Crippen LogP contribution in [0, 0.1) is 11.6 Å². The van der Waals surface area contributed by atoms with Gasteiger partial charge in [-0.2, -0.15) is 0 Å². The summed E-state index contributed by atoms with van der Waals surface area (Å²) < 4.78 is 26.9. The molecule has 0 radical (unpaired) electrons. The first-order chi connectivity index (χ1) is 8.13. The van der Waals surface area contributed by atoms with Gasteiger partial charge < -0.3 is 4.79 Å². The lowest BCUT2D eigenvalue weighted by atomic mass is 10.0. The Balaban J connectivity index is 2.62. The minimum absolute atomic E-state index is 0.249. The molecule has 0 N–H and O–H groups in total. The Hall–Kier alpha value is -1.29. The molecule has 0 heterocycles. The second-order valence-corrected chi connectivity index (χ2v) is 4.91. The number of rotatable bonds is 3. The topological polar surface area (TPSA) is 17.1 Å². The van der Waals surface area contributed by atoms with E-state index in [1.807, 2.05) is 0 Å². The number of hydrogen-bond donors (Lipinski definition) is 0. The van der Waals surface area contributed by atoms with E-state index in [0.717, 1.165) is 12.4 Å². The number of halogens is 3. The van der Waals surface area contributed by atoms with Crippen molar-refractivity contribution in [3.63, 3.8) is 0 Å². The zero-order valence-electron chi connectivity index (χ0n) is 8.79. The molecule has 0 bridgehead atoms. The fraction of sp³-hybridized carbons (Fsp3) is 0.154. The van der Waals surface area contributed by atoms with Gasteiger partial charge in [0, 0.05) is 5.39 Å². The summed E-state index contributed by atoms with van der Waals surface area (Å²) in [5.41, 5.74) is 0.619. The Kier molecular flexibility index (Phi) is 3.52. The normalized spacial score (nSPS) is 12.6. The Morgan fingerprint density at radius 2 is 2.00 bits per heavy atom. The molecule has 0 spiro atoms. The van der Waals surface area contributed by atoms with Crippen molar-refractivity contribution >= 4 is 33.0 Å². The molecule has 0 aromatic heterocycles. The van der Waals surface area contributed by atoms with Crippen LogP contribution >= 0.6 is 15.9 Å². The maximum atomic E-state index is 13.7. The second-order valence-electron chi connectivity index (χ2n) is 3.73. The molecule has 1 nitrogen and oxygen atoms in total. The van der Waals surface area contributed by atoms with Crippen LogP contribution < -0.4 is 0 Å². The Morgan fingerprint density at radius 3 is 2.71 bits per heavy atom. The van der Waals surface area contributed by atoms with Crippen molar-refractivity contribution in [2.45, 2.75) is 11.2 Å². The van der Waals surface area contributed by atoms with Crippen LogP contribution in [0.3, 0.4) is 0 Å². The van der Waals surface area contributed by atoms with Gasteiger partial charge in [0.05, 0.1) is 4.83 Å². The monoisotopic (exact) mass is 298 g/mol. The van der Waals surface area contributed by atoms with E-state index in [1.165, 1.54) is 6.07 Å². The third-order valence-electron chi connectivity index (χ3n) is 2.58. The van der Waals surface area contributed by atoms with E-state index in [4.69, 9.17) is 0 Å². The lowest BCUT2D eigenvalue weighted by Crippen LogP contribution is -2.05. The van der Waals surface area contributed by atoms with Crippen LogP contribution in [-0.2, 0) is 11.2 Å². The number of carbonyl (C=O) groups excluding carboxylic acids is 1. The van der Waals surface area contributed by atoms with Gasteiger partial charge in [-0.15, -0.1) is 0 Å². The van der Waals surface area contributed by atoms with Gasteiger partial charge in [-0.3, -0.25) is 0 Å². The summed E-state index contributed by atoms with van der Waals surface area (Å²) in [5, 5.41) is 0.880. The van der Waals surface area contributed by atoms with Crippen molar-refractivity contribution in [1.82, 2.24) is 0 Å². The zero-order chi connectivity index (χ0) is 12.4. The van der Waals surface area contributed by atoms with Crippen molar-refractivity contribution in [3.05, 3.63) is 47.5 Å². The Bertz CT molecular complexity index is 569. The SMILES string of the molecule is O=CC(Br)Cc1cccc2ccc(F)c(F)c12. The van der Waals surface area contributed by atoms with Gasteiger partial charge in [0.2, 0.25) is 0 Å². The molecule has 0 aliphatic heterocycles. The molecule has 2 aromatic rings. The molecule has 1 unspecified atom stereocenters. The highest BCUT2D eigenvalue weighted by molar-refractivity contribution is 9.09. The number of alkyl halides is 1. The highest BCUT2D eigenvalue weighted by atomic mass is 79.9. The van der Waals surface area contributed by atoms with Crippen molar-refractivity contribution in [2.24, 2.45) is 0 Å². The molecule has 0 aliphatic rings. The van der Waals surface area contributed by atoms with Crippen LogP contribution in [0.25, 0.3) is 10.8 Å². The molecule has 0 amide bonds. The van der Waals surface area contributed by atoms with Crippen LogP contribution in [0.1, 0.15) is 5.56 Å². The van der Waals surface area contributed by atoms with Gasteiger partial charge in [0.1, 0.15) is 6.29 Å².